The molecule has 0 aliphatic carbocycles. The lowest BCUT2D eigenvalue weighted by atomic mass is 9.95. The maximum absolute atomic E-state index is 12.7. The molecule has 31 heavy (non-hydrogen) atoms. The number of carbonyl (C=O) groups excluding carboxylic acids is 1. The van der Waals surface area contributed by atoms with Crippen LogP contribution in [0.25, 0.3) is 0 Å². The van der Waals surface area contributed by atoms with Gasteiger partial charge in [0.15, 0.2) is 0 Å². The average Bonchev–Trinajstić information content (AvgIpc) is 3.56. The van der Waals surface area contributed by atoms with E-state index in [0.717, 1.165) is 62.6 Å². The van der Waals surface area contributed by atoms with Crippen LogP contribution >= 0.6 is 11.8 Å². The topological polar surface area (TPSA) is 96.5 Å². The molecule has 3 aliphatic heterocycles. The van der Waals surface area contributed by atoms with Crippen LogP contribution < -0.4 is 11.1 Å². The minimum atomic E-state index is -0.414. The number of nitrogens with zero attached hydrogens (tertiary/aromatic N) is 5. The first kappa shape index (κ1) is 20.7. The van der Waals surface area contributed by atoms with Crippen molar-refractivity contribution in [1.82, 2.24) is 29.9 Å². The van der Waals surface area contributed by atoms with E-state index in [2.05, 4.69) is 20.3 Å². The van der Waals surface area contributed by atoms with Gasteiger partial charge in [0.25, 0.3) is 0 Å². The lowest BCUT2D eigenvalue weighted by Gasteiger charge is -2.34. The number of pyridine rings is 1. The third kappa shape index (κ3) is 4.56. The number of hydrogen-bond donors (Lipinski definition) is 1. The first-order valence-electron chi connectivity index (χ1n) is 11.0. The predicted octanol–water partition coefficient (Wildman–Crippen LogP) is 0.722. The van der Waals surface area contributed by atoms with E-state index in [0.29, 0.717) is 18.5 Å². The molecule has 2 atom stereocenters. The highest BCUT2D eigenvalue weighted by atomic mass is 32.2. The number of carbonyl (C=O) groups is 1. The van der Waals surface area contributed by atoms with Gasteiger partial charge in [-0.3, -0.25) is 14.7 Å². The van der Waals surface area contributed by atoms with Crippen LogP contribution in [0.2, 0.25) is 0 Å². The summed E-state index contributed by atoms with van der Waals surface area (Å²) >= 11 is 1.82. The number of thioether (sulfide) groups is 1. The van der Waals surface area contributed by atoms with E-state index >= 15 is 0 Å². The van der Waals surface area contributed by atoms with Gasteiger partial charge < -0.3 is 14.6 Å². The van der Waals surface area contributed by atoms with E-state index in [-0.39, 0.29) is 17.9 Å². The van der Waals surface area contributed by atoms with Crippen LogP contribution in [0, 0.1) is 0 Å². The molecule has 166 valence electrons. The number of piperidine rings is 1. The molecular formula is C21H28N6O3S. The van der Waals surface area contributed by atoms with Crippen LogP contribution in [-0.2, 0) is 11.3 Å². The maximum Gasteiger partial charge on any atom is 0.437 e. The Bertz CT molecular complexity index is 950. The molecule has 0 aromatic carbocycles. The van der Waals surface area contributed by atoms with Gasteiger partial charge in [-0.1, -0.05) is 6.07 Å². The number of nitrogens with one attached hydrogen (secondary N) is 1. The Hall–Kier alpha value is -2.17. The molecule has 5 rings (SSSR count). The zero-order chi connectivity index (χ0) is 21.2. The molecule has 3 saturated heterocycles. The molecule has 0 bridgehead atoms. The fraction of sp³-hybridized carbons (Fsp3) is 0.619. The normalized spacial score (nSPS) is 25.4. The molecule has 5 heterocycles. The summed E-state index contributed by atoms with van der Waals surface area (Å²) in [4.78, 5) is 33.4. The highest BCUT2D eigenvalue weighted by Crippen LogP contribution is 2.29. The van der Waals surface area contributed by atoms with Crippen molar-refractivity contribution in [3.05, 3.63) is 46.5 Å². The molecule has 0 radical (unpaired) electrons. The summed E-state index contributed by atoms with van der Waals surface area (Å²) in [6.07, 6.45) is 6.13. The fourth-order valence-electron chi connectivity index (χ4n) is 4.75. The van der Waals surface area contributed by atoms with Crippen LogP contribution in [0.1, 0.15) is 36.6 Å². The lowest BCUT2D eigenvalue weighted by Crippen LogP contribution is -2.42. The number of rotatable bonds is 5. The lowest BCUT2D eigenvalue weighted by molar-refractivity contribution is -0.131. The molecule has 1 N–H and O–H groups in total. The maximum atomic E-state index is 12.7. The van der Waals surface area contributed by atoms with Crippen molar-refractivity contribution in [2.75, 3.05) is 37.8 Å². The van der Waals surface area contributed by atoms with Gasteiger partial charge in [0.2, 0.25) is 11.8 Å². The molecule has 3 aliphatic rings. The van der Waals surface area contributed by atoms with E-state index in [1.165, 1.54) is 4.68 Å². The second-order valence-electron chi connectivity index (χ2n) is 8.52. The highest BCUT2D eigenvalue weighted by molar-refractivity contribution is 7.99. The van der Waals surface area contributed by atoms with E-state index in [1.54, 1.807) is 12.4 Å². The summed E-state index contributed by atoms with van der Waals surface area (Å²) in [6, 6.07) is 4.10. The van der Waals surface area contributed by atoms with E-state index < -0.39 is 5.76 Å². The molecule has 3 fully saturated rings. The van der Waals surface area contributed by atoms with Gasteiger partial charge in [0.1, 0.15) is 0 Å². The standard InChI is InChI=1S/C21H28N6O3S/c28-20(26-8-9-31-14-26)18-10-17(12-23-18)25-6-3-16(4-7-25)19-24-27(21(29)30-19)13-15-2-1-5-22-11-15/h1-2,5,11,16-18,23H,3-4,6-10,12-14H2/t17-,18-/m0/s1. The molecule has 0 unspecified atom stereocenters. The van der Waals surface area contributed by atoms with Crippen LogP contribution in [-0.4, -0.2) is 80.4 Å². The van der Waals surface area contributed by atoms with Gasteiger partial charge in [0.05, 0.1) is 18.5 Å². The summed E-state index contributed by atoms with van der Waals surface area (Å²) in [5.74, 6) is 2.41. The first-order chi connectivity index (χ1) is 15.2. The number of amides is 1. The Morgan fingerprint density at radius 2 is 2.16 bits per heavy atom. The molecule has 2 aromatic rings. The molecule has 1 amide bonds. The van der Waals surface area contributed by atoms with Gasteiger partial charge >= 0.3 is 5.76 Å². The van der Waals surface area contributed by atoms with Crippen molar-refractivity contribution in [2.24, 2.45) is 0 Å². The predicted molar refractivity (Wildman–Crippen MR) is 117 cm³/mol. The number of aromatic nitrogens is 3. The third-order valence-electron chi connectivity index (χ3n) is 6.54. The molecule has 0 saturated carbocycles. The summed E-state index contributed by atoms with van der Waals surface area (Å²) in [5.41, 5.74) is 0.921. The Labute approximate surface area is 185 Å². The Balaban J connectivity index is 1.14. The summed E-state index contributed by atoms with van der Waals surface area (Å²) in [5, 5.41) is 7.89. The van der Waals surface area contributed by atoms with Crippen LogP contribution in [0.5, 0.6) is 0 Å². The second-order valence-corrected chi connectivity index (χ2v) is 9.60. The average molecular weight is 445 g/mol. The van der Waals surface area contributed by atoms with Crippen LogP contribution in [0.3, 0.4) is 0 Å². The monoisotopic (exact) mass is 444 g/mol. The summed E-state index contributed by atoms with van der Waals surface area (Å²) in [6.45, 7) is 3.95. The first-order valence-corrected chi connectivity index (χ1v) is 12.1. The second kappa shape index (κ2) is 9.13. The Morgan fingerprint density at radius 3 is 2.90 bits per heavy atom. The van der Waals surface area contributed by atoms with Crippen LogP contribution in [0.4, 0.5) is 0 Å². The van der Waals surface area contributed by atoms with E-state index in [9.17, 15) is 9.59 Å². The number of likely N-dealkylation sites (tertiary alicyclic amines) is 1. The van der Waals surface area contributed by atoms with Crippen molar-refractivity contribution < 1.29 is 9.21 Å². The van der Waals surface area contributed by atoms with Crippen LogP contribution in [0.15, 0.2) is 33.7 Å². The summed E-state index contributed by atoms with van der Waals surface area (Å²) < 4.78 is 6.87. The number of hydrogen-bond acceptors (Lipinski definition) is 8. The quantitative estimate of drug-likeness (QED) is 0.721. The van der Waals surface area contributed by atoms with Gasteiger partial charge in [0, 0.05) is 43.2 Å². The van der Waals surface area contributed by atoms with E-state index in [1.807, 2.05) is 28.8 Å². The van der Waals surface area contributed by atoms with Crippen molar-refractivity contribution in [2.45, 2.75) is 43.8 Å². The molecule has 10 heteroatoms. The Morgan fingerprint density at radius 1 is 1.29 bits per heavy atom. The van der Waals surface area contributed by atoms with Gasteiger partial charge in [-0.05, 0) is 44.0 Å². The van der Waals surface area contributed by atoms with Gasteiger partial charge in [-0.2, -0.15) is 4.68 Å². The molecular weight excluding hydrogens is 416 g/mol. The molecule has 2 aromatic heterocycles. The fourth-order valence-corrected chi connectivity index (χ4v) is 5.71. The zero-order valence-corrected chi connectivity index (χ0v) is 18.3. The van der Waals surface area contributed by atoms with Crippen molar-refractivity contribution in [3.8, 4) is 0 Å². The minimum absolute atomic E-state index is 0.0531. The van der Waals surface area contributed by atoms with Crippen molar-refractivity contribution >= 4 is 17.7 Å². The highest BCUT2D eigenvalue weighted by Gasteiger charge is 2.37. The largest absolute Gasteiger partial charge is 0.437 e. The van der Waals surface area contributed by atoms with Crippen molar-refractivity contribution in [1.29, 1.82) is 0 Å². The third-order valence-corrected chi connectivity index (χ3v) is 7.51. The smallest absolute Gasteiger partial charge is 0.392 e. The minimum Gasteiger partial charge on any atom is -0.392 e. The summed E-state index contributed by atoms with van der Waals surface area (Å²) in [7, 11) is 0. The van der Waals surface area contributed by atoms with Gasteiger partial charge in [-0.15, -0.1) is 16.9 Å². The van der Waals surface area contributed by atoms with Crippen molar-refractivity contribution in [3.63, 3.8) is 0 Å². The zero-order valence-electron chi connectivity index (χ0n) is 17.5. The SMILES string of the molecule is O=C([C@@H]1C[C@H](N2CCC(c3nn(Cc4cccnc4)c(=O)o3)CC2)CN1)N1CCSC1. The van der Waals surface area contributed by atoms with Gasteiger partial charge in [-0.25, -0.2) is 4.79 Å². The Kier molecular flexibility index (Phi) is 6.10. The molecule has 0 spiro atoms. The molecule has 9 nitrogen and oxygen atoms in total. The van der Waals surface area contributed by atoms with E-state index in [4.69, 9.17) is 4.42 Å².